The topological polar surface area (TPSA) is 55.5 Å². The Morgan fingerprint density at radius 2 is 2.00 bits per heavy atom. The summed E-state index contributed by atoms with van der Waals surface area (Å²) in [5.74, 6) is 0.527. The van der Waals surface area contributed by atoms with Gasteiger partial charge < -0.3 is 0 Å². The van der Waals surface area contributed by atoms with E-state index in [1.54, 1.807) is 18.3 Å². The van der Waals surface area contributed by atoms with Crippen molar-refractivity contribution < 1.29 is 4.92 Å². The maximum absolute atomic E-state index is 10.4. The fourth-order valence-corrected chi connectivity index (χ4v) is 1.05. The van der Waals surface area contributed by atoms with Gasteiger partial charge in [-0.3, -0.25) is 15.1 Å². The number of non-ortho nitro benzene ring substituents is 1. The van der Waals surface area contributed by atoms with E-state index in [1.807, 2.05) is 0 Å². The molecule has 1 aromatic rings. The number of aliphatic imine (C=N–C) groups is 1. The van der Waals surface area contributed by atoms with Crippen LogP contribution in [-0.2, 0) is 0 Å². The predicted molar refractivity (Wildman–Crippen MR) is 60.4 cm³/mol. The molecule has 0 amide bonds. The van der Waals surface area contributed by atoms with Gasteiger partial charge >= 0.3 is 0 Å². The minimum absolute atomic E-state index is 0.107. The summed E-state index contributed by atoms with van der Waals surface area (Å²) in [5, 5.41) is 10.4. The first-order valence-electron chi connectivity index (χ1n) is 4.84. The van der Waals surface area contributed by atoms with Crippen LogP contribution in [0.5, 0.6) is 0 Å². The van der Waals surface area contributed by atoms with Gasteiger partial charge in [-0.2, -0.15) is 0 Å². The molecule has 0 spiro atoms. The molecule has 0 heterocycles. The molecule has 0 N–H and O–H groups in total. The van der Waals surface area contributed by atoms with Crippen molar-refractivity contribution in [3.63, 3.8) is 0 Å². The van der Waals surface area contributed by atoms with Crippen LogP contribution in [0, 0.1) is 16.0 Å². The van der Waals surface area contributed by atoms with Gasteiger partial charge in [0, 0.05) is 24.9 Å². The van der Waals surface area contributed by atoms with Gasteiger partial charge in [-0.1, -0.05) is 13.8 Å². The molecule has 80 valence electrons. The standard InChI is InChI=1S/C11H14N2O2/c1-9(2)7-12-8-10-3-5-11(6-4-10)13(14)15/h3-6,8-9H,7H2,1-2H3. The summed E-state index contributed by atoms with van der Waals surface area (Å²) in [7, 11) is 0. The first kappa shape index (κ1) is 11.4. The molecular weight excluding hydrogens is 192 g/mol. The van der Waals surface area contributed by atoms with Gasteiger partial charge in [-0.25, -0.2) is 0 Å². The summed E-state index contributed by atoms with van der Waals surface area (Å²) < 4.78 is 0. The Morgan fingerprint density at radius 1 is 1.40 bits per heavy atom. The van der Waals surface area contributed by atoms with E-state index in [1.165, 1.54) is 12.1 Å². The highest BCUT2D eigenvalue weighted by atomic mass is 16.6. The zero-order valence-corrected chi connectivity index (χ0v) is 8.88. The third kappa shape index (κ3) is 3.89. The zero-order valence-electron chi connectivity index (χ0n) is 8.88. The summed E-state index contributed by atoms with van der Waals surface area (Å²) in [5.41, 5.74) is 0.997. The summed E-state index contributed by atoms with van der Waals surface area (Å²) in [6.45, 7) is 4.96. The van der Waals surface area contributed by atoms with Gasteiger partial charge in [-0.05, 0) is 23.6 Å². The van der Waals surface area contributed by atoms with Crippen molar-refractivity contribution in [2.24, 2.45) is 10.9 Å². The number of nitrogens with zero attached hydrogens (tertiary/aromatic N) is 2. The quantitative estimate of drug-likeness (QED) is 0.432. The molecule has 0 unspecified atom stereocenters. The second-order valence-electron chi connectivity index (χ2n) is 3.74. The normalized spacial score (nSPS) is 11.1. The number of hydrogen-bond acceptors (Lipinski definition) is 3. The van der Waals surface area contributed by atoms with E-state index >= 15 is 0 Å². The van der Waals surface area contributed by atoms with E-state index in [0.29, 0.717) is 5.92 Å². The SMILES string of the molecule is CC(C)CN=Cc1ccc([N+](=O)[O-])cc1. The maximum Gasteiger partial charge on any atom is 0.269 e. The largest absolute Gasteiger partial charge is 0.292 e. The van der Waals surface area contributed by atoms with Gasteiger partial charge in [-0.15, -0.1) is 0 Å². The molecule has 0 radical (unpaired) electrons. The molecule has 15 heavy (non-hydrogen) atoms. The van der Waals surface area contributed by atoms with Gasteiger partial charge in [0.05, 0.1) is 4.92 Å². The van der Waals surface area contributed by atoms with Crippen LogP contribution < -0.4 is 0 Å². The Hall–Kier alpha value is -1.71. The second kappa shape index (κ2) is 5.24. The van der Waals surface area contributed by atoms with E-state index in [-0.39, 0.29) is 5.69 Å². The lowest BCUT2D eigenvalue weighted by Crippen LogP contribution is -1.93. The van der Waals surface area contributed by atoms with Crippen molar-refractivity contribution in [3.05, 3.63) is 39.9 Å². The fraction of sp³-hybridized carbons (Fsp3) is 0.364. The van der Waals surface area contributed by atoms with Crippen molar-refractivity contribution in [1.82, 2.24) is 0 Å². The van der Waals surface area contributed by atoms with Gasteiger partial charge in [0.15, 0.2) is 0 Å². The zero-order chi connectivity index (χ0) is 11.3. The molecule has 0 fully saturated rings. The van der Waals surface area contributed by atoms with Crippen LogP contribution in [0.4, 0.5) is 5.69 Å². The first-order valence-corrected chi connectivity index (χ1v) is 4.84. The molecule has 0 bridgehead atoms. The summed E-state index contributed by atoms with van der Waals surface area (Å²) >= 11 is 0. The molecule has 4 heteroatoms. The Bertz CT molecular complexity index is 355. The highest BCUT2D eigenvalue weighted by Gasteiger charge is 2.02. The Morgan fingerprint density at radius 3 is 2.47 bits per heavy atom. The first-order chi connectivity index (χ1) is 7.09. The molecule has 4 nitrogen and oxygen atoms in total. The highest BCUT2D eigenvalue weighted by molar-refractivity contribution is 5.79. The van der Waals surface area contributed by atoms with E-state index in [9.17, 15) is 10.1 Å². The third-order valence-corrected chi connectivity index (χ3v) is 1.81. The molecule has 0 aliphatic carbocycles. The Labute approximate surface area is 88.8 Å². The average Bonchev–Trinajstić information content (AvgIpc) is 2.18. The fourth-order valence-electron chi connectivity index (χ4n) is 1.05. The Kier molecular flexibility index (Phi) is 3.97. The lowest BCUT2D eigenvalue weighted by Gasteiger charge is -1.97. The van der Waals surface area contributed by atoms with Crippen molar-refractivity contribution in [3.8, 4) is 0 Å². The van der Waals surface area contributed by atoms with E-state index in [4.69, 9.17) is 0 Å². The summed E-state index contributed by atoms with van der Waals surface area (Å²) in [6, 6.07) is 6.36. The van der Waals surface area contributed by atoms with Gasteiger partial charge in [0.1, 0.15) is 0 Å². The van der Waals surface area contributed by atoms with E-state index in [0.717, 1.165) is 12.1 Å². The average molecular weight is 206 g/mol. The molecule has 0 aliphatic heterocycles. The minimum atomic E-state index is -0.408. The van der Waals surface area contributed by atoms with Crippen molar-refractivity contribution in [2.45, 2.75) is 13.8 Å². The van der Waals surface area contributed by atoms with Crippen molar-refractivity contribution in [2.75, 3.05) is 6.54 Å². The highest BCUT2D eigenvalue weighted by Crippen LogP contribution is 2.10. The number of nitro groups is 1. The van der Waals surface area contributed by atoms with Crippen molar-refractivity contribution in [1.29, 1.82) is 0 Å². The predicted octanol–water partition coefficient (Wildman–Crippen LogP) is 2.67. The maximum atomic E-state index is 10.4. The lowest BCUT2D eigenvalue weighted by molar-refractivity contribution is -0.384. The Balaban J connectivity index is 2.64. The third-order valence-electron chi connectivity index (χ3n) is 1.81. The molecular formula is C11H14N2O2. The van der Waals surface area contributed by atoms with Crippen LogP contribution in [0.3, 0.4) is 0 Å². The number of nitro benzene ring substituents is 1. The number of rotatable bonds is 4. The van der Waals surface area contributed by atoms with Crippen LogP contribution in [-0.4, -0.2) is 17.7 Å². The van der Waals surface area contributed by atoms with Crippen molar-refractivity contribution >= 4 is 11.9 Å². The number of benzene rings is 1. The molecule has 0 atom stereocenters. The van der Waals surface area contributed by atoms with E-state index in [2.05, 4.69) is 18.8 Å². The lowest BCUT2D eigenvalue weighted by atomic mass is 10.2. The molecule has 0 saturated heterocycles. The molecule has 0 aromatic heterocycles. The van der Waals surface area contributed by atoms with Crippen LogP contribution in [0.1, 0.15) is 19.4 Å². The molecule has 0 saturated carbocycles. The smallest absolute Gasteiger partial charge is 0.269 e. The summed E-state index contributed by atoms with van der Waals surface area (Å²) in [6.07, 6.45) is 1.74. The number of hydrogen-bond donors (Lipinski definition) is 0. The van der Waals surface area contributed by atoms with E-state index < -0.39 is 4.92 Å². The van der Waals surface area contributed by atoms with Crippen LogP contribution >= 0.6 is 0 Å². The van der Waals surface area contributed by atoms with Gasteiger partial charge in [0.2, 0.25) is 0 Å². The molecule has 1 rings (SSSR count). The van der Waals surface area contributed by atoms with Crippen LogP contribution in [0.15, 0.2) is 29.3 Å². The molecule has 0 aliphatic rings. The summed E-state index contributed by atoms with van der Waals surface area (Å²) in [4.78, 5) is 14.2. The van der Waals surface area contributed by atoms with Crippen LogP contribution in [0.2, 0.25) is 0 Å². The van der Waals surface area contributed by atoms with Gasteiger partial charge in [0.25, 0.3) is 5.69 Å². The second-order valence-corrected chi connectivity index (χ2v) is 3.74. The van der Waals surface area contributed by atoms with Crippen LogP contribution in [0.25, 0.3) is 0 Å². The monoisotopic (exact) mass is 206 g/mol. The minimum Gasteiger partial charge on any atom is -0.292 e. The molecule has 1 aromatic carbocycles.